The van der Waals surface area contributed by atoms with Crippen molar-refractivity contribution in [2.24, 2.45) is 14.1 Å². The Labute approximate surface area is 128 Å². The topological polar surface area (TPSA) is 108 Å². The highest BCUT2D eigenvalue weighted by Crippen LogP contribution is 2.14. The summed E-state index contributed by atoms with van der Waals surface area (Å²) in [6.45, 7) is 0. The number of rotatable bonds is 6. The molecule has 112 valence electrons. The number of nitrogens with zero attached hydrogens (tertiary/aromatic N) is 6. The van der Waals surface area contributed by atoms with E-state index in [0.29, 0.717) is 10.3 Å². The highest BCUT2D eigenvalue weighted by Gasteiger charge is 2.12. The average Bonchev–Trinajstić information content (AvgIpc) is 3.03. The van der Waals surface area contributed by atoms with E-state index < -0.39 is 0 Å². The van der Waals surface area contributed by atoms with Crippen molar-refractivity contribution < 1.29 is 9.59 Å². The van der Waals surface area contributed by atoms with Crippen LogP contribution in [-0.2, 0) is 23.7 Å². The molecular weight excluding hydrogens is 314 g/mol. The Morgan fingerprint density at radius 1 is 1.00 bits per heavy atom. The molecule has 0 saturated heterocycles. The third-order valence-corrected chi connectivity index (χ3v) is 4.35. The molecule has 2 amide bonds. The number of hydrogen-bond acceptors (Lipinski definition) is 8. The quantitative estimate of drug-likeness (QED) is 0.706. The number of imide groups is 1. The maximum Gasteiger partial charge on any atom is 0.237 e. The number of amides is 2. The predicted molar refractivity (Wildman–Crippen MR) is 76.6 cm³/mol. The van der Waals surface area contributed by atoms with Gasteiger partial charge < -0.3 is 9.13 Å². The fraction of sp³-hybridized carbons (Fsp3) is 0.400. The van der Waals surface area contributed by atoms with Crippen LogP contribution in [0.4, 0.5) is 0 Å². The summed E-state index contributed by atoms with van der Waals surface area (Å²) in [5.41, 5.74) is 0. The van der Waals surface area contributed by atoms with Crippen molar-refractivity contribution >= 4 is 35.3 Å². The van der Waals surface area contributed by atoms with Crippen LogP contribution in [0.1, 0.15) is 0 Å². The van der Waals surface area contributed by atoms with Crippen molar-refractivity contribution in [3.05, 3.63) is 12.7 Å². The van der Waals surface area contributed by atoms with Gasteiger partial charge >= 0.3 is 0 Å². The van der Waals surface area contributed by atoms with E-state index >= 15 is 0 Å². The van der Waals surface area contributed by atoms with E-state index in [-0.39, 0.29) is 23.3 Å². The number of aryl methyl sites for hydroxylation is 2. The Bertz CT molecular complexity index is 585. The summed E-state index contributed by atoms with van der Waals surface area (Å²) in [6, 6.07) is 0. The van der Waals surface area contributed by atoms with Crippen LogP contribution in [0, 0.1) is 0 Å². The first-order valence-electron chi connectivity index (χ1n) is 5.82. The lowest BCUT2D eigenvalue weighted by Gasteiger charge is -2.03. The van der Waals surface area contributed by atoms with Crippen LogP contribution in [0.15, 0.2) is 23.0 Å². The summed E-state index contributed by atoms with van der Waals surface area (Å²) in [5.74, 6) is -0.530. The van der Waals surface area contributed by atoms with E-state index in [0.717, 1.165) is 0 Å². The van der Waals surface area contributed by atoms with E-state index in [1.54, 1.807) is 35.9 Å². The van der Waals surface area contributed by atoms with Crippen molar-refractivity contribution in [1.29, 1.82) is 0 Å². The molecule has 0 fully saturated rings. The third kappa shape index (κ3) is 4.56. The minimum absolute atomic E-state index is 0.104. The fourth-order valence-electron chi connectivity index (χ4n) is 1.29. The van der Waals surface area contributed by atoms with Gasteiger partial charge in [0, 0.05) is 14.1 Å². The number of nitrogens with one attached hydrogen (secondary N) is 1. The molecule has 0 aliphatic rings. The van der Waals surface area contributed by atoms with Crippen LogP contribution in [0.2, 0.25) is 0 Å². The molecule has 2 rings (SSSR count). The molecule has 21 heavy (non-hydrogen) atoms. The Hall–Kier alpha value is -1.88. The Morgan fingerprint density at radius 2 is 1.43 bits per heavy atom. The van der Waals surface area contributed by atoms with Crippen LogP contribution in [0.5, 0.6) is 0 Å². The molecule has 2 aromatic heterocycles. The maximum absolute atomic E-state index is 11.6. The third-order valence-electron chi connectivity index (χ3n) is 2.28. The van der Waals surface area contributed by atoms with E-state index in [4.69, 9.17) is 0 Å². The second kappa shape index (κ2) is 7.22. The van der Waals surface area contributed by atoms with Gasteiger partial charge in [-0.1, -0.05) is 23.5 Å². The summed E-state index contributed by atoms with van der Waals surface area (Å²) in [6.07, 6.45) is 3.09. The molecule has 0 radical (unpaired) electrons. The number of carbonyl (C=O) groups is 2. The molecule has 0 atom stereocenters. The smallest absolute Gasteiger partial charge is 0.237 e. The van der Waals surface area contributed by atoms with Crippen LogP contribution >= 0.6 is 23.5 Å². The van der Waals surface area contributed by atoms with Gasteiger partial charge in [0.2, 0.25) is 11.8 Å². The van der Waals surface area contributed by atoms with Gasteiger partial charge in [-0.05, 0) is 0 Å². The molecule has 0 saturated carbocycles. The monoisotopic (exact) mass is 327 g/mol. The van der Waals surface area contributed by atoms with Gasteiger partial charge in [-0.2, -0.15) is 0 Å². The number of aromatic nitrogens is 6. The molecule has 0 bridgehead atoms. The lowest BCUT2D eigenvalue weighted by atomic mass is 10.6. The minimum atomic E-state index is -0.369. The van der Waals surface area contributed by atoms with Gasteiger partial charge in [-0.25, -0.2) is 0 Å². The minimum Gasteiger partial charge on any atom is -0.312 e. The SMILES string of the molecule is Cn1cnnc1SCC(=O)NC(=O)CSc1nncn1C. The molecule has 1 N–H and O–H groups in total. The van der Waals surface area contributed by atoms with Gasteiger partial charge in [0.25, 0.3) is 0 Å². The predicted octanol–water partition coefficient (Wildman–Crippen LogP) is -0.529. The lowest BCUT2D eigenvalue weighted by molar-refractivity contribution is -0.127. The number of hydrogen-bond donors (Lipinski definition) is 1. The molecule has 0 aliphatic carbocycles. The Balaban J connectivity index is 1.71. The highest BCUT2D eigenvalue weighted by molar-refractivity contribution is 8.00. The van der Waals surface area contributed by atoms with Crippen LogP contribution in [-0.4, -0.2) is 52.8 Å². The summed E-state index contributed by atoms with van der Waals surface area (Å²) >= 11 is 2.43. The van der Waals surface area contributed by atoms with E-state index in [2.05, 4.69) is 25.7 Å². The summed E-state index contributed by atoms with van der Waals surface area (Å²) in [7, 11) is 3.56. The molecule has 0 spiro atoms. The van der Waals surface area contributed by atoms with Crippen LogP contribution < -0.4 is 5.32 Å². The molecular formula is C10H13N7O2S2. The van der Waals surface area contributed by atoms with E-state index in [9.17, 15) is 9.59 Å². The van der Waals surface area contributed by atoms with Crippen molar-refractivity contribution in [2.75, 3.05) is 11.5 Å². The van der Waals surface area contributed by atoms with Gasteiger partial charge in [-0.15, -0.1) is 20.4 Å². The zero-order valence-electron chi connectivity index (χ0n) is 11.4. The second-order valence-electron chi connectivity index (χ2n) is 4.00. The zero-order chi connectivity index (χ0) is 15.2. The zero-order valence-corrected chi connectivity index (χ0v) is 13.0. The normalized spacial score (nSPS) is 10.6. The van der Waals surface area contributed by atoms with E-state index in [1.165, 1.54) is 23.5 Å². The Morgan fingerprint density at radius 3 is 1.76 bits per heavy atom. The lowest BCUT2D eigenvalue weighted by Crippen LogP contribution is -2.33. The molecule has 9 nitrogen and oxygen atoms in total. The first-order valence-corrected chi connectivity index (χ1v) is 7.79. The van der Waals surface area contributed by atoms with Gasteiger partial charge in [0.05, 0.1) is 11.5 Å². The molecule has 0 aromatic carbocycles. The molecule has 2 aromatic rings. The first-order chi connectivity index (χ1) is 10.1. The van der Waals surface area contributed by atoms with Gasteiger partial charge in [-0.3, -0.25) is 14.9 Å². The van der Waals surface area contributed by atoms with Crippen molar-refractivity contribution in [3.63, 3.8) is 0 Å². The number of carbonyl (C=O) groups excluding carboxylic acids is 2. The maximum atomic E-state index is 11.6. The Kier molecular flexibility index (Phi) is 5.33. The average molecular weight is 327 g/mol. The first kappa shape index (κ1) is 15.5. The fourth-order valence-corrected chi connectivity index (χ4v) is 2.67. The van der Waals surface area contributed by atoms with Crippen molar-refractivity contribution in [2.45, 2.75) is 10.3 Å². The second-order valence-corrected chi connectivity index (χ2v) is 5.88. The molecule has 2 heterocycles. The van der Waals surface area contributed by atoms with Gasteiger partial charge in [0.15, 0.2) is 10.3 Å². The van der Waals surface area contributed by atoms with Gasteiger partial charge in [0.1, 0.15) is 12.7 Å². The van der Waals surface area contributed by atoms with Crippen LogP contribution in [0.3, 0.4) is 0 Å². The highest BCUT2D eigenvalue weighted by atomic mass is 32.2. The summed E-state index contributed by atoms with van der Waals surface area (Å²) in [5, 5.41) is 18.6. The number of thioether (sulfide) groups is 2. The largest absolute Gasteiger partial charge is 0.312 e. The molecule has 0 aliphatic heterocycles. The van der Waals surface area contributed by atoms with E-state index in [1.807, 2.05) is 0 Å². The van der Waals surface area contributed by atoms with Crippen molar-refractivity contribution in [3.8, 4) is 0 Å². The molecule has 0 unspecified atom stereocenters. The molecule has 11 heteroatoms. The summed E-state index contributed by atoms with van der Waals surface area (Å²) in [4.78, 5) is 23.3. The standard InChI is InChI=1S/C10H13N7O2S2/c1-16-5-11-14-9(16)20-3-7(18)13-8(19)4-21-10-15-12-6-17(10)2/h5-6H,3-4H2,1-2H3,(H,13,18,19). The summed E-state index contributed by atoms with van der Waals surface area (Å²) < 4.78 is 3.40. The van der Waals surface area contributed by atoms with Crippen molar-refractivity contribution in [1.82, 2.24) is 34.8 Å². The van der Waals surface area contributed by atoms with Crippen LogP contribution in [0.25, 0.3) is 0 Å².